The summed E-state index contributed by atoms with van der Waals surface area (Å²) in [5, 5.41) is 3.08. The lowest BCUT2D eigenvalue weighted by atomic mass is 9.97. The highest BCUT2D eigenvalue weighted by Gasteiger charge is 2.14. The molecule has 0 fully saturated rings. The molecule has 0 spiro atoms. The first-order valence-electron chi connectivity index (χ1n) is 8.52. The number of carbonyl (C=O) groups is 1. The Morgan fingerprint density at radius 2 is 1.96 bits per heavy atom. The van der Waals surface area contributed by atoms with Crippen molar-refractivity contribution < 1.29 is 14.3 Å². The van der Waals surface area contributed by atoms with Crippen molar-refractivity contribution in [3.05, 3.63) is 64.7 Å². The van der Waals surface area contributed by atoms with E-state index in [1.807, 2.05) is 18.2 Å². The van der Waals surface area contributed by atoms with Gasteiger partial charge in [-0.1, -0.05) is 36.8 Å². The molecule has 3 rings (SSSR count). The van der Waals surface area contributed by atoms with Crippen molar-refractivity contribution in [1.29, 1.82) is 0 Å². The third kappa shape index (κ3) is 4.02. The van der Waals surface area contributed by atoms with Crippen molar-refractivity contribution in [3.8, 4) is 11.5 Å². The van der Waals surface area contributed by atoms with Crippen LogP contribution in [0, 0.1) is 13.8 Å². The Morgan fingerprint density at radius 1 is 1.16 bits per heavy atom. The highest BCUT2D eigenvalue weighted by molar-refractivity contribution is 5.92. The van der Waals surface area contributed by atoms with E-state index in [9.17, 15) is 4.79 Å². The van der Waals surface area contributed by atoms with Gasteiger partial charge in [0.2, 0.25) is 12.7 Å². The molecule has 0 radical (unpaired) electrons. The molecular formula is C21H23NO3. The summed E-state index contributed by atoms with van der Waals surface area (Å²) in [6.07, 6.45) is 4.18. The third-order valence-electron chi connectivity index (χ3n) is 4.35. The maximum Gasteiger partial charge on any atom is 0.244 e. The summed E-state index contributed by atoms with van der Waals surface area (Å²) < 4.78 is 10.6. The molecule has 1 N–H and O–H groups in total. The van der Waals surface area contributed by atoms with E-state index < -0.39 is 0 Å². The fraction of sp³-hybridized carbons (Fsp3) is 0.286. The Hall–Kier alpha value is -2.75. The second kappa shape index (κ2) is 7.43. The Balaban J connectivity index is 1.68. The van der Waals surface area contributed by atoms with Crippen molar-refractivity contribution in [2.75, 3.05) is 6.79 Å². The molecule has 1 heterocycles. The fourth-order valence-corrected chi connectivity index (χ4v) is 3.02. The Labute approximate surface area is 148 Å². The van der Waals surface area contributed by atoms with E-state index in [1.54, 1.807) is 12.2 Å². The largest absolute Gasteiger partial charge is 0.454 e. The van der Waals surface area contributed by atoms with Crippen LogP contribution in [-0.2, 0) is 4.79 Å². The summed E-state index contributed by atoms with van der Waals surface area (Å²) in [5.41, 5.74) is 4.49. The van der Waals surface area contributed by atoms with Gasteiger partial charge in [-0.25, -0.2) is 0 Å². The minimum atomic E-state index is -0.107. The normalized spacial score (nSPS) is 13.9. The van der Waals surface area contributed by atoms with Gasteiger partial charge in [-0.15, -0.1) is 0 Å². The highest BCUT2D eigenvalue weighted by Crippen LogP contribution is 2.32. The zero-order valence-electron chi connectivity index (χ0n) is 14.8. The van der Waals surface area contributed by atoms with E-state index in [0.717, 1.165) is 23.3 Å². The smallest absolute Gasteiger partial charge is 0.244 e. The first-order valence-corrected chi connectivity index (χ1v) is 8.52. The van der Waals surface area contributed by atoms with Crippen LogP contribution >= 0.6 is 0 Å². The van der Waals surface area contributed by atoms with Crippen LogP contribution in [0.15, 0.2) is 42.5 Å². The Kier molecular flexibility index (Phi) is 5.08. The van der Waals surface area contributed by atoms with Crippen molar-refractivity contribution in [2.24, 2.45) is 0 Å². The lowest BCUT2D eigenvalue weighted by Crippen LogP contribution is -2.26. The number of aryl methyl sites for hydroxylation is 2. The molecule has 4 heteroatoms. The van der Waals surface area contributed by atoms with Crippen molar-refractivity contribution >= 4 is 12.0 Å². The molecule has 0 bridgehead atoms. The van der Waals surface area contributed by atoms with Crippen LogP contribution in [0.3, 0.4) is 0 Å². The summed E-state index contributed by atoms with van der Waals surface area (Å²) in [4.78, 5) is 12.3. The summed E-state index contributed by atoms with van der Waals surface area (Å²) in [6, 6.07) is 12.0. The lowest BCUT2D eigenvalue weighted by Gasteiger charge is -2.19. The van der Waals surface area contributed by atoms with Crippen LogP contribution in [0.2, 0.25) is 0 Å². The lowest BCUT2D eigenvalue weighted by molar-refractivity contribution is -0.117. The molecule has 1 aliphatic rings. The molecule has 1 atom stereocenters. The molecular weight excluding hydrogens is 314 g/mol. The van der Waals surface area contributed by atoms with Gasteiger partial charge in [-0.3, -0.25) is 4.79 Å². The molecule has 2 aromatic carbocycles. The molecule has 0 aliphatic carbocycles. The minimum Gasteiger partial charge on any atom is -0.454 e. The number of benzene rings is 2. The van der Waals surface area contributed by atoms with Gasteiger partial charge in [0.1, 0.15) is 0 Å². The summed E-state index contributed by atoms with van der Waals surface area (Å²) in [7, 11) is 0. The SMILES string of the molecule is CC[C@@H](NC(=O)/C=C/c1ccc2c(c1)OCO2)c1ccc(C)cc1C. The number of carbonyl (C=O) groups excluding carboxylic acids is 1. The third-order valence-corrected chi connectivity index (χ3v) is 4.35. The van der Waals surface area contributed by atoms with Gasteiger partial charge in [0.05, 0.1) is 6.04 Å². The van der Waals surface area contributed by atoms with Crippen molar-refractivity contribution in [1.82, 2.24) is 5.32 Å². The monoisotopic (exact) mass is 337 g/mol. The predicted molar refractivity (Wildman–Crippen MR) is 98.7 cm³/mol. The molecule has 2 aromatic rings. The minimum absolute atomic E-state index is 0.00880. The van der Waals surface area contributed by atoms with Crippen LogP contribution in [0.1, 0.15) is 41.6 Å². The molecule has 130 valence electrons. The molecule has 25 heavy (non-hydrogen) atoms. The van der Waals surface area contributed by atoms with E-state index in [4.69, 9.17) is 9.47 Å². The molecule has 0 unspecified atom stereocenters. The molecule has 4 nitrogen and oxygen atoms in total. The number of ether oxygens (including phenoxy) is 2. The average Bonchev–Trinajstić information content (AvgIpc) is 3.06. The second-order valence-corrected chi connectivity index (χ2v) is 6.28. The van der Waals surface area contributed by atoms with Crippen molar-refractivity contribution in [3.63, 3.8) is 0 Å². The Morgan fingerprint density at radius 3 is 2.72 bits per heavy atom. The van der Waals surface area contributed by atoms with Gasteiger partial charge in [0.25, 0.3) is 0 Å². The summed E-state index contributed by atoms with van der Waals surface area (Å²) in [5.74, 6) is 1.34. The molecule has 0 aromatic heterocycles. The van der Waals surface area contributed by atoms with Crippen LogP contribution in [0.4, 0.5) is 0 Å². The van der Waals surface area contributed by atoms with Gasteiger partial charge in [0.15, 0.2) is 11.5 Å². The number of rotatable bonds is 5. The van der Waals surface area contributed by atoms with E-state index in [-0.39, 0.29) is 18.7 Å². The van der Waals surface area contributed by atoms with Crippen LogP contribution in [-0.4, -0.2) is 12.7 Å². The molecule has 0 saturated heterocycles. The zero-order chi connectivity index (χ0) is 17.8. The second-order valence-electron chi connectivity index (χ2n) is 6.28. The zero-order valence-corrected chi connectivity index (χ0v) is 14.8. The number of amides is 1. The number of hydrogen-bond donors (Lipinski definition) is 1. The highest BCUT2D eigenvalue weighted by atomic mass is 16.7. The first kappa shape index (κ1) is 17.1. The van der Waals surface area contributed by atoms with Crippen molar-refractivity contribution in [2.45, 2.75) is 33.2 Å². The first-order chi connectivity index (χ1) is 12.1. The van der Waals surface area contributed by atoms with Crippen LogP contribution in [0.5, 0.6) is 11.5 Å². The van der Waals surface area contributed by atoms with Gasteiger partial charge in [-0.2, -0.15) is 0 Å². The topological polar surface area (TPSA) is 47.6 Å². The standard InChI is InChI=1S/C21H23NO3/c1-4-18(17-8-5-14(2)11-15(17)3)22-21(23)10-7-16-6-9-19-20(12-16)25-13-24-19/h5-12,18H,4,13H2,1-3H3,(H,22,23)/b10-7+/t18-/m1/s1. The Bertz CT molecular complexity index is 811. The van der Waals surface area contributed by atoms with Gasteiger partial charge < -0.3 is 14.8 Å². The van der Waals surface area contributed by atoms with E-state index in [2.05, 4.69) is 44.3 Å². The number of nitrogens with one attached hydrogen (secondary N) is 1. The van der Waals surface area contributed by atoms with Gasteiger partial charge in [0, 0.05) is 6.08 Å². The predicted octanol–water partition coefficient (Wildman–Crippen LogP) is 4.31. The summed E-state index contributed by atoms with van der Waals surface area (Å²) >= 11 is 0. The summed E-state index contributed by atoms with van der Waals surface area (Å²) in [6.45, 7) is 6.48. The van der Waals surface area contributed by atoms with E-state index in [1.165, 1.54) is 11.1 Å². The fourth-order valence-electron chi connectivity index (χ4n) is 3.02. The van der Waals surface area contributed by atoms with Gasteiger partial charge in [-0.05, 0) is 55.2 Å². The van der Waals surface area contributed by atoms with Gasteiger partial charge >= 0.3 is 0 Å². The average molecular weight is 337 g/mol. The number of fused-ring (bicyclic) bond motifs is 1. The van der Waals surface area contributed by atoms with Crippen LogP contribution < -0.4 is 14.8 Å². The molecule has 0 saturated carbocycles. The van der Waals surface area contributed by atoms with Crippen LogP contribution in [0.25, 0.3) is 6.08 Å². The quantitative estimate of drug-likeness (QED) is 0.827. The number of hydrogen-bond acceptors (Lipinski definition) is 3. The maximum absolute atomic E-state index is 12.3. The molecule has 1 amide bonds. The maximum atomic E-state index is 12.3. The molecule has 1 aliphatic heterocycles. The van der Waals surface area contributed by atoms with E-state index >= 15 is 0 Å². The van der Waals surface area contributed by atoms with E-state index in [0.29, 0.717) is 5.75 Å².